The third kappa shape index (κ3) is 3.43. The van der Waals surface area contributed by atoms with Gasteiger partial charge in [-0.25, -0.2) is 8.42 Å². The Kier molecular flexibility index (Phi) is 4.37. The molecule has 5 heteroatoms. The van der Waals surface area contributed by atoms with Crippen LogP contribution in [0.25, 0.3) is 0 Å². The zero-order chi connectivity index (χ0) is 12.4. The molecule has 0 unspecified atom stereocenters. The molecule has 1 rings (SSSR count). The Hall–Kier alpha value is -0.130. The van der Waals surface area contributed by atoms with Gasteiger partial charge in [0, 0.05) is 18.8 Å². The lowest BCUT2D eigenvalue weighted by Crippen LogP contribution is -2.49. The van der Waals surface area contributed by atoms with E-state index in [2.05, 4.69) is 5.32 Å². The molecule has 0 spiro atoms. The molecule has 0 bridgehead atoms. The van der Waals surface area contributed by atoms with Crippen molar-refractivity contribution in [3.05, 3.63) is 0 Å². The zero-order valence-corrected chi connectivity index (χ0v) is 11.2. The summed E-state index contributed by atoms with van der Waals surface area (Å²) in [6.45, 7) is 3.82. The van der Waals surface area contributed by atoms with Gasteiger partial charge in [0.1, 0.15) is 0 Å². The second-order valence-electron chi connectivity index (χ2n) is 5.37. The summed E-state index contributed by atoms with van der Waals surface area (Å²) in [6.07, 6.45) is 4.84. The normalized spacial score (nSPS) is 28.0. The molecule has 0 radical (unpaired) electrons. The quantitative estimate of drug-likeness (QED) is 0.770. The van der Waals surface area contributed by atoms with Crippen LogP contribution < -0.4 is 5.32 Å². The van der Waals surface area contributed by atoms with Gasteiger partial charge in [0.05, 0.1) is 10.9 Å². The van der Waals surface area contributed by atoms with Crippen molar-refractivity contribution < 1.29 is 13.5 Å². The maximum Gasteiger partial charge on any atom is 0.153 e. The average Bonchev–Trinajstić information content (AvgIpc) is 2.15. The molecule has 0 aromatic heterocycles. The SMILES string of the molecule is CC(C)(CN[C@@H]1CCCC[C@H]1O)S(C)(=O)=O. The summed E-state index contributed by atoms with van der Waals surface area (Å²) in [6, 6.07) is 0.0507. The first kappa shape index (κ1) is 13.9. The van der Waals surface area contributed by atoms with E-state index in [1.165, 1.54) is 6.26 Å². The second kappa shape index (κ2) is 5.02. The van der Waals surface area contributed by atoms with Crippen molar-refractivity contribution in [1.82, 2.24) is 5.32 Å². The van der Waals surface area contributed by atoms with Crippen LogP contribution in [-0.4, -0.2) is 43.2 Å². The Morgan fingerprint density at radius 2 is 1.88 bits per heavy atom. The highest BCUT2D eigenvalue weighted by atomic mass is 32.2. The minimum atomic E-state index is -3.06. The monoisotopic (exact) mass is 249 g/mol. The fourth-order valence-electron chi connectivity index (χ4n) is 1.86. The zero-order valence-electron chi connectivity index (χ0n) is 10.4. The van der Waals surface area contributed by atoms with Gasteiger partial charge in [-0.3, -0.25) is 0 Å². The van der Waals surface area contributed by atoms with Gasteiger partial charge in [0.15, 0.2) is 9.84 Å². The van der Waals surface area contributed by atoms with Crippen molar-refractivity contribution in [3.63, 3.8) is 0 Å². The van der Waals surface area contributed by atoms with Crippen LogP contribution in [0, 0.1) is 0 Å². The van der Waals surface area contributed by atoms with Crippen LogP contribution in [0.3, 0.4) is 0 Å². The summed E-state index contributed by atoms with van der Waals surface area (Å²) in [7, 11) is -3.06. The maximum atomic E-state index is 11.5. The summed E-state index contributed by atoms with van der Waals surface area (Å²) in [4.78, 5) is 0. The van der Waals surface area contributed by atoms with E-state index >= 15 is 0 Å². The van der Waals surface area contributed by atoms with Gasteiger partial charge in [-0.15, -0.1) is 0 Å². The van der Waals surface area contributed by atoms with Crippen LogP contribution in [0.1, 0.15) is 39.5 Å². The Morgan fingerprint density at radius 3 is 2.38 bits per heavy atom. The molecule has 1 fully saturated rings. The minimum absolute atomic E-state index is 0.0507. The molecule has 2 atom stereocenters. The van der Waals surface area contributed by atoms with Gasteiger partial charge < -0.3 is 10.4 Å². The summed E-state index contributed by atoms with van der Waals surface area (Å²) in [5.74, 6) is 0. The van der Waals surface area contributed by atoms with Crippen molar-refractivity contribution in [1.29, 1.82) is 0 Å². The molecule has 16 heavy (non-hydrogen) atoms. The second-order valence-corrected chi connectivity index (χ2v) is 8.02. The largest absolute Gasteiger partial charge is 0.392 e. The van der Waals surface area contributed by atoms with E-state index in [0.717, 1.165) is 25.7 Å². The molecule has 1 aliphatic carbocycles. The lowest BCUT2D eigenvalue weighted by molar-refractivity contribution is 0.0901. The number of aliphatic hydroxyl groups excluding tert-OH is 1. The topological polar surface area (TPSA) is 66.4 Å². The van der Waals surface area contributed by atoms with Crippen LogP contribution in [0.5, 0.6) is 0 Å². The summed E-state index contributed by atoms with van der Waals surface area (Å²) >= 11 is 0. The molecule has 96 valence electrons. The van der Waals surface area contributed by atoms with Crippen LogP contribution >= 0.6 is 0 Å². The third-order valence-corrected chi connectivity index (χ3v) is 5.68. The summed E-state index contributed by atoms with van der Waals surface area (Å²) < 4.78 is 22.2. The Labute approximate surface area is 98.4 Å². The van der Waals surface area contributed by atoms with E-state index in [1.54, 1.807) is 13.8 Å². The predicted molar refractivity (Wildman–Crippen MR) is 65.2 cm³/mol. The number of hydrogen-bond donors (Lipinski definition) is 2. The van der Waals surface area contributed by atoms with Crippen LogP contribution in [0.2, 0.25) is 0 Å². The highest BCUT2D eigenvalue weighted by Crippen LogP contribution is 2.20. The Bertz CT molecular complexity index is 324. The third-order valence-electron chi connectivity index (χ3n) is 3.52. The molecule has 0 aromatic rings. The number of hydrogen-bond acceptors (Lipinski definition) is 4. The molecule has 2 N–H and O–H groups in total. The van der Waals surface area contributed by atoms with Gasteiger partial charge in [0.2, 0.25) is 0 Å². The van der Waals surface area contributed by atoms with Crippen molar-refractivity contribution in [2.24, 2.45) is 0 Å². The van der Waals surface area contributed by atoms with Crippen LogP contribution in [0.4, 0.5) is 0 Å². The maximum absolute atomic E-state index is 11.5. The minimum Gasteiger partial charge on any atom is -0.392 e. The number of sulfone groups is 1. The molecular weight excluding hydrogens is 226 g/mol. The number of aliphatic hydroxyl groups is 1. The van der Waals surface area contributed by atoms with Crippen molar-refractivity contribution >= 4 is 9.84 Å². The highest BCUT2D eigenvalue weighted by molar-refractivity contribution is 7.92. The molecule has 0 aliphatic heterocycles. The van der Waals surface area contributed by atoms with E-state index in [0.29, 0.717) is 6.54 Å². The first-order valence-corrected chi connectivity index (χ1v) is 7.74. The fourth-order valence-corrected chi connectivity index (χ4v) is 2.20. The predicted octanol–water partition coefficient (Wildman–Crippen LogP) is 0.703. The van der Waals surface area contributed by atoms with Crippen molar-refractivity contribution in [3.8, 4) is 0 Å². The lowest BCUT2D eigenvalue weighted by atomic mass is 9.92. The van der Waals surface area contributed by atoms with E-state index in [-0.39, 0.29) is 12.1 Å². The van der Waals surface area contributed by atoms with Gasteiger partial charge in [0.25, 0.3) is 0 Å². The molecule has 0 heterocycles. The van der Waals surface area contributed by atoms with Crippen molar-refractivity contribution in [2.45, 2.75) is 56.4 Å². The molecule has 1 aliphatic rings. The van der Waals surface area contributed by atoms with Crippen LogP contribution in [0.15, 0.2) is 0 Å². The smallest absolute Gasteiger partial charge is 0.153 e. The standard InChI is InChI=1S/C11H23NO3S/c1-11(2,16(3,14)15)8-12-9-6-4-5-7-10(9)13/h9-10,12-13H,4-8H2,1-3H3/t9-,10-/m1/s1. The van der Waals surface area contributed by atoms with E-state index in [9.17, 15) is 13.5 Å². The molecule has 0 saturated heterocycles. The molecule has 0 aromatic carbocycles. The molecule has 1 saturated carbocycles. The summed E-state index contributed by atoms with van der Waals surface area (Å²) in [5, 5.41) is 12.9. The first-order valence-electron chi connectivity index (χ1n) is 5.85. The van der Waals surface area contributed by atoms with Gasteiger partial charge in [-0.2, -0.15) is 0 Å². The molecule has 4 nitrogen and oxygen atoms in total. The number of nitrogens with one attached hydrogen (secondary N) is 1. The molecule has 0 amide bonds. The van der Waals surface area contributed by atoms with E-state index in [4.69, 9.17) is 0 Å². The fraction of sp³-hybridized carbons (Fsp3) is 1.00. The number of rotatable bonds is 4. The Balaban J connectivity index is 2.50. The Morgan fingerprint density at radius 1 is 1.31 bits per heavy atom. The average molecular weight is 249 g/mol. The van der Waals surface area contributed by atoms with Gasteiger partial charge in [-0.1, -0.05) is 12.8 Å². The van der Waals surface area contributed by atoms with E-state index in [1.807, 2.05) is 0 Å². The summed E-state index contributed by atoms with van der Waals surface area (Å²) in [5.41, 5.74) is 0. The van der Waals surface area contributed by atoms with E-state index < -0.39 is 14.6 Å². The van der Waals surface area contributed by atoms with Crippen molar-refractivity contribution in [2.75, 3.05) is 12.8 Å². The van der Waals surface area contributed by atoms with Gasteiger partial charge >= 0.3 is 0 Å². The van der Waals surface area contributed by atoms with Gasteiger partial charge in [-0.05, 0) is 26.7 Å². The van der Waals surface area contributed by atoms with Crippen LogP contribution in [-0.2, 0) is 9.84 Å². The first-order chi connectivity index (χ1) is 7.24. The highest BCUT2D eigenvalue weighted by Gasteiger charge is 2.32. The lowest BCUT2D eigenvalue weighted by Gasteiger charge is -2.32. The molecular formula is C11H23NO3S.